The standard InChI is InChI=1S/C17H24O11/c1-3-7-8(4-11(19)25-2)9(15(23)24)6-26-16(7)28-17-14(22)13(21)12(20)10(5-18)27-17/h3,6,8,10,12-14,16-18,20-22H,4-5H2,1-2H3,(H,23,24)/b7-3+/t8-,10-,12-,13+,14-,16-,17+/m0/s1. The van der Waals surface area contributed by atoms with Crippen LogP contribution in [0.15, 0.2) is 23.5 Å². The van der Waals surface area contributed by atoms with Gasteiger partial charge in [-0.2, -0.15) is 0 Å². The summed E-state index contributed by atoms with van der Waals surface area (Å²) in [7, 11) is 1.17. The van der Waals surface area contributed by atoms with Gasteiger partial charge in [0.1, 0.15) is 24.4 Å². The lowest BCUT2D eigenvalue weighted by Crippen LogP contribution is -2.60. The van der Waals surface area contributed by atoms with Gasteiger partial charge in [0.25, 0.3) is 0 Å². The summed E-state index contributed by atoms with van der Waals surface area (Å²) < 4.78 is 20.7. The number of hydrogen-bond donors (Lipinski definition) is 5. The molecule has 0 aromatic rings. The van der Waals surface area contributed by atoms with Crippen LogP contribution in [0.2, 0.25) is 0 Å². The van der Waals surface area contributed by atoms with Crippen LogP contribution in [0.1, 0.15) is 13.3 Å². The number of hydrogen-bond acceptors (Lipinski definition) is 10. The van der Waals surface area contributed by atoms with Crippen molar-refractivity contribution in [2.45, 2.75) is 50.3 Å². The van der Waals surface area contributed by atoms with Gasteiger partial charge in [-0.25, -0.2) is 4.79 Å². The maximum atomic E-state index is 11.7. The van der Waals surface area contributed by atoms with E-state index in [4.69, 9.17) is 14.2 Å². The highest BCUT2D eigenvalue weighted by molar-refractivity contribution is 5.89. The van der Waals surface area contributed by atoms with Crippen LogP contribution in [0.5, 0.6) is 0 Å². The van der Waals surface area contributed by atoms with E-state index in [2.05, 4.69) is 4.74 Å². The van der Waals surface area contributed by atoms with E-state index < -0.39 is 61.5 Å². The van der Waals surface area contributed by atoms with Crippen molar-refractivity contribution >= 4 is 11.9 Å². The van der Waals surface area contributed by atoms with E-state index in [1.165, 1.54) is 13.2 Å². The van der Waals surface area contributed by atoms with E-state index >= 15 is 0 Å². The van der Waals surface area contributed by atoms with E-state index in [-0.39, 0.29) is 17.6 Å². The van der Waals surface area contributed by atoms with Crippen molar-refractivity contribution in [3.05, 3.63) is 23.5 Å². The molecule has 2 aliphatic rings. The van der Waals surface area contributed by atoms with Crippen LogP contribution in [0.25, 0.3) is 0 Å². The minimum Gasteiger partial charge on any atom is -0.478 e. The highest BCUT2D eigenvalue weighted by Gasteiger charge is 2.46. The van der Waals surface area contributed by atoms with E-state index in [0.717, 1.165) is 6.26 Å². The first-order valence-corrected chi connectivity index (χ1v) is 8.52. The average Bonchev–Trinajstić information content (AvgIpc) is 2.68. The third-order valence-corrected chi connectivity index (χ3v) is 4.65. The van der Waals surface area contributed by atoms with Crippen LogP contribution in [0.3, 0.4) is 0 Å². The molecule has 2 rings (SSSR count). The zero-order chi connectivity index (χ0) is 21.0. The van der Waals surface area contributed by atoms with Gasteiger partial charge in [-0.1, -0.05) is 6.08 Å². The first-order valence-electron chi connectivity index (χ1n) is 8.52. The fourth-order valence-corrected chi connectivity index (χ4v) is 3.07. The summed E-state index contributed by atoms with van der Waals surface area (Å²) in [5.41, 5.74) is 0.0782. The van der Waals surface area contributed by atoms with Gasteiger partial charge in [0.2, 0.25) is 6.29 Å². The summed E-state index contributed by atoms with van der Waals surface area (Å²) in [5, 5.41) is 48.4. The SMILES string of the molecule is C/C=C1/[C@H](O[C@H]2O[C@@H](CO)[C@H](O)[C@@H](O)[C@@H]2O)OC=C(C(=O)O)[C@H]1CC(=O)OC. The molecule has 11 nitrogen and oxygen atoms in total. The van der Waals surface area contributed by atoms with Crippen molar-refractivity contribution in [3.63, 3.8) is 0 Å². The fourth-order valence-electron chi connectivity index (χ4n) is 3.07. The Kier molecular flexibility index (Phi) is 7.52. The second-order valence-electron chi connectivity index (χ2n) is 6.30. The van der Waals surface area contributed by atoms with Crippen LogP contribution >= 0.6 is 0 Å². The topological polar surface area (TPSA) is 172 Å². The van der Waals surface area contributed by atoms with Gasteiger partial charge in [0.05, 0.1) is 32.0 Å². The minimum atomic E-state index is -1.66. The molecule has 7 atom stereocenters. The van der Waals surface area contributed by atoms with Crippen LogP contribution < -0.4 is 0 Å². The Morgan fingerprint density at radius 3 is 2.43 bits per heavy atom. The molecule has 0 spiro atoms. The molecule has 158 valence electrons. The summed E-state index contributed by atoms with van der Waals surface area (Å²) >= 11 is 0. The minimum absolute atomic E-state index is 0.188. The molecule has 0 saturated carbocycles. The average molecular weight is 404 g/mol. The Bertz CT molecular complexity index is 641. The summed E-state index contributed by atoms with van der Waals surface area (Å²) in [5.74, 6) is -2.86. The molecule has 0 amide bonds. The Labute approximate surface area is 160 Å². The zero-order valence-corrected chi connectivity index (χ0v) is 15.3. The normalized spacial score (nSPS) is 37.1. The molecule has 11 heteroatoms. The largest absolute Gasteiger partial charge is 0.478 e. The van der Waals surface area contributed by atoms with Crippen LogP contribution in [0.4, 0.5) is 0 Å². The van der Waals surface area contributed by atoms with Gasteiger partial charge in [0, 0.05) is 11.5 Å². The third-order valence-electron chi connectivity index (χ3n) is 4.65. The predicted molar refractivity (Wildman–Crippen MR) is 89.3 cm³/mol. The Morgan fingerprint density at radius 1 is 1.21 bits per heavy atom. The number of carbonyl (C=O) groups excluding carboxylic acids is 1. The molecule has 0 aromatic carbocycles. The van der Waals surface area contributed by atoms with E-state index in [1.807, 2.05) is 0 Å². The number of allylic oxidation sites excluding steroid dienone is 1. The van der Waals surface area contributed by atoms with Gasteiger partial charge in [-0.15, -0.1) is 0 Å². The molecule has 1 saturated heterocycles. The third kappa shape index (κ3) is 4.51. The second-order valence-corrected chi connectivity index (χ2v) is 6.30. The zero-order valence-electron chi connectivity index (χ0n) is 15.3. The van der Waals surface area contributed by atoms with Crippen LogP contribution in [0, 0.1) is 5.92 Å². The Morgan fingerprint density at radius 2 is 1.89 bits per heavy atom. The van der Waals surface area contributed by atoms with Gasteiger partial charge >= 0.3 is 11.9 Å². The van der Waals surface area contributed by atoms with Crippen molar-refractivity contribution in [2.24, 2.45) is 5.92 Å². The first-order chi connectivity index (χ1) is 13.2. The fraction of sp³-hybridized carbons (Fsp3) is 0.647. The molecule has 28 heavy (non-hydrogen) atoms. The second kappa shape index (κ2) is 9.45. The quantitative estimate of drug-likeness (QED) is 0.251. The highest BCUT2D eigenvalue weighted by atomic mass is 16.8. The molecule has 0 aromatic heterocycles. The van der Waals surface area contributed by atoms with Crippen LogP contribution in [-0.2, 0) is 28.5 Å². The van der Waals surface area contributed by atoms with Crippen molar-refractivity contribution in [2.75, 3.05) is 13.7 Å². The van der Waals surface area contributed by atoms with E-state index in [9.17, 15) is 35.1 Å². The number of carboxylic acids is 1. The number of methoxy groups -OCH3 is 1. The van der Waals surface area contributed by atoms with Crippen molar-refractivity contribution in [3.8, 4) is 0 Å². The maximum absolute atomic E-state index is 11.7. The molecule has 5 N–H and O–H groups in total. The van der Waals surface area contributed by atoms with Gasteiger partial charge in [-0.05, 0) is 6.92 Å². The van der Waals surface area contributed by atoms with Crippen molar-refractivity contribution in [1.82, 2.24) is 0 Å². The molecule has 0 radical (unpaired) electrons. The van der Waals surface area contributed by atoms with Gasteiger partial charge in [0.15, 0.2) is 6.29 Å². The number of carboxylic acid groups (broad SMARTS) is 1. The molecule has 2 aliphatic heterocycles. The molecule has 0 bridgehead atoms. The Balaban J connectivity index is 2.25. The molecule has 1 fully saturated rings. The van der Waals surface area contributed by atoms with Crippen molar-refractivity contribution in [1.29, 1.82) is 0 Å². The molecule has 2 heterocycles. The van der Waals surface area contributed by atoms with E-state index in [1.54, 1.807) is 6.92 Å². The lowest BCUT2D eigenvalue weighted by molar-refractivity contribution is -0.327. The first kappa shape index (κ1) is 22.3. The number of aliphatic carboxylic acids is 1. The summed E-state index contributed by atoms with van der Waals surface area (Å²) in [6, 6.07) is 0. The number of aliphatic hydroxyl groups excluding tert-OH is 4. The number of ether oxygens (including phenoxy) is 4. The molecular weight excluding hydrogens is 380 g/mol. The predicted octanol–water partition coefficient (Wildman–Crippen LogP) is -1.75. The number of rotatable bonds is 6. The van der Waals surface area contributed by atoms with Gasteiger partial charge < -0.3 is 44.5 Å². The smallest absolute Gasteiger partial charge is 0.335 e. The van der Waals surface area contributed by atoms with Gasteiger partial charge in [-0.3, -0.25) is 4.79 Å². The number of esters is 1. The lowest BCUT2D eigenvalue weighted by atomic mass is 9.86. The summed E-state index contributed by atoms with van der Waals surface area (Å²) in [4.78, 5) is 23.2. The summed E-state index contributed by atoms with van der Waals surface area (Å²) in [6.45, 7) is 0.943. The van der Waals surface area contributed by atoms with E-state index in [0.29, 0.717) is 0 Å². The van der Waals surface area contributed by atoms with Crippen molar-refractivity contribution < 1.29 is 54.1 Å². The summed E-state index contributed by atoms with van der Waals surface area (Å²) in [6.07, 6.45) is -6.65. The number of carbonyl (C=O) groups is 2. The highest BCUT2D eigenvalue weighted by Crippen LogP contribution is 2.35. The molecular formula is C17H24O11. The maximum Gasteiger partial charge on any atom is 0.335 e. The molecule has 0 aliphatic carbocycles. The molecule has 0 unspecified atom stereocenters. The van der Waals surface area contributed by atoms with Crippen LogP contribution in [-0.4, -0.2) is 88.2 Å². The Hall–Kier alpha value is -2.02. The lowest BCUT2D eigenvalue weighted by Gasteiger charge is -2.41. The number of aliphatic hydroxyl groups is 4. The monoisotopic (exact) mass is 404 g/mol.